The summed E-state index contributed by atoms with van der Waals surface area (Å²) < 4.78 is 37.5. The summed E-state index contributed by atoms with van der Waals surface area (Å²) in [7, 11) is 0. The minimum absolute atomic E-state index is 0. The Morgan fingerprint density at radius 3 is 0.364 bits per heavy atom. The Morgan fingerprint density at radius 1 is 0.364 bits per heavy atom. The van der Waals surface area contributed by atoms with Crippen LogP contribution in [0.2, 0.25) is 0 Å². The largest absolute Gasteiger partial charge is 0 e. The summed E-state index contributed by atoms with van der Waals surface area (Å²) in [4.78, 5) is 0. The van der Waals surface area contributed by atoms with Gasteiger partial charge in [0.2, 0.25) is 0 Å². The molecule has 0 unspecified atom stereocenters. The van der Waals surface area contributed by atoms with Crippen LogP contribution in [0.4, 0.5) is 0 Å². The molecule has 0 aromatic carbocycles. The Bertz CT molecular complexity index is 73.4. The van der Waals surface area contributed by atoms with Gasteiger partial charge in [0.15, 0.2) is 0 Å². The molecule has 0 fully saturated rings. The predicted molar refractivity (Wildman–Crippen MR) is 19.6 cm³/mol. The summed E-state index contributed by atoms with van der Waals surface area (Å²) in [6.07, 6.45) is 0. The molecule has 0 amide bonds. The molecule has 0 aliphatic carbocycles. The molecule has 0 N–H and O–H groups in total. The Kier molecular flexibility index (Phi) is 4530. The van der Waals surface area contributed by atoms with Crippen LogP contribution in [0.3, 0.4) is 0 Å². The SMILES string of the molecule is [C-]#[O+].[C-]#[O+].[C-]#[O+].[C-]#[O+].[C-]#[O+].[Mn]. The van der Waals surface area contributed by atoms with Crippen molar-refractivity contribution in [1.82, 2.24) is 0 Å². The third-order valence-corrected chi connectivity index (χ3v) is 0. The number of hydrogen-bond donors (Lipinski definition) is 0. The molecule has 0 rings (SSSR count). The van der Waals surface area contributed by atoms with E-state index in [1.807, 2.05) is 0 Å². The average molecular weight is 195 g/mol. The van der Waals surface area contributed by atoms with E-state index in [9.17, 15) is 0 Å². The van der Waals surface area contributed by atoms with Crippen molar-refractivity contribution < 1.29 is 40.3 Å². The second kappa shape index (κ2) is 1020. The van der Waals surface area contributed by atoms with Crippen LogP contribution >= 0.6 is 0 Å². The standard InChI is InChI=1S/5CO.Mn/c5*1-2;. The molecule has 0 heterocycles. The van der Waals surface area contributed by atoms with Gasteiger partial charge in [-0.05, 0) is 0 Å². The second-order valence-electron chi connectivity index (χ2n) is 0. The van der Waals surface area contributed by atoms with Gasteiger partial charge in [-0.2, -0.15) is 0 Å². The molecule has 57 valence electrons. The van der Waals surface area contributed by atoms with Crippen LogP contribution < -0.4 is 0 Å². The summed E-state index contributed by atoms with van der Waals surface area (Å²) >= 11 is 0. The quantitative estimate of drug-likeness (QED) is 0.290. The van der Waals surface area contributed by atoms with E-state index in [4.69, 9.17) is 23.3 Å². The first-order valence-corrected chi connectivity index (χ1v) is 1.02. The van der Waals surface area contributed by atoms with E-state index in [0.29, 0.717) is 0 Å². The van der Waals surface area contributed by atoms with Gasteiger partial charge in [0.25, 0.3) is 0 Å². The molecule has 0 aliphatic rings. The Morgan fingerprint density at radius 2 is 0.364 bits per heavy atom. The van der Waals surface area contributed by atoms with Gasteiger partial charge in [-0.1, -0.05) is 0 Å². The van der Waals surface area contributed by atoms with Crippen molar-refractivity contribution in [2.45, 2.75) is 0 Å². The summed E-state index contributed by atoms with van der Waals surface area (Å²) in [6, 6.07) is 0. The maximum absolute atomic E-state index is 7.50. The van der Waals surface area contributed by atoms with Crippen LogP contribution in [0.25, 0.3) is 0 Å². The zero-order valence-electron chi connectivity index (χ0n) is 4.92. The molecule has 0 aromatic heterocycles. The molecule has 5 nitrogen and oxygen atoms in total. The molecule has 11 heavy (non-hydrogen) atoms. The van der Waals surface area contributed by atoms with Crippen molar-refractivity contribution in [3.63, 3.8) is 0 Å². The van der Waals surface area contributed by atoms with Crippen LogP contribution in [-0.4, -0.2) is 0 Å². The molecule has 0 saturated carbocycles. The summed E-state index contributed by atoms with van der Waals surface area (Å²) in [6.45, 7) is 22.5. The first-order chi connectivity index (χ1) is 5.00. The summed E-state index contributed by atoms with van der Waals surface area (Å²) in [5, 5.41) is 0. The topological polar surface area (TPSA) is 99.5 Å². The van der Waals surface area contributed by atoms with Gasteiger partial charge in [0.05, 0.1) is 0 Å². The van der Waals surface area contributed by atoms with Crippen LogP contribution in [0.15, 0.2) is 0 Å². The molecule has 0 saturated heterocycles. The van der Waals surface area contributed by atoms with Crippen molar-refractivity contribution in [2.24, 2.45) is 0 Å². The Hall–Kier alpha value is -0.781. The molecular formula is C5MnO5. The molecule has 0 bridgehead atoms. The van der Waals surface area contributed by atoms with E-state index >= 15 is 0 Å². The van der Waals surface area contributed by atoms with Crippen LogP contribution in [0.5, 0.6) is 0 Å². The zero-order valence-corrected chi connectivity index (χ0v) is 6.10. The van der Waals surface area contributed by atoms with E-state index < -0.39 is 0 Å². The minimum atomic E-state index is 0. The summed E-state index contributed by atoms with van der Waals surface area (Å²) in [5.74, 6) is 0. The normalized spacial score (nSPS) is 0.909. The zero-order chi connectivity index (χ0) is 10.0. The van der Waals surface area contributed by atoms with Crippen molar-refractivity contribution in [2.75, 3.05) is 0 Å². The Labute approximate surface area is 74.2 Å². The van der Waals surface area contributed by atoms with Crippen LogP contribution in [-0.2, 0) is 40.3 Å². The van der Waals surface area contributed by atoms with Gasteiger partial charge in [-0.15, -0.1) is 0 Å². The van der Waals surface area contributed by atoms with Crippen molar-refractivity contribution >= 4 is 0 Å². The number of hydrogen-bond acceptors (Lipinski definition) is 0. The third-order valence-electron chi connectivity index (χ3n) is 0. The third kappa shape index (κ3) is 789. The predicted octanol–water partition coefficient (Wildman–Crippen LogP) is -0.190. The number of rotatable bonds is 0. The first-order valence-electron chi connectivity index (χ1n) is 1.02. The van der Waals surface area contributed by atoms with Gasteiger partial charge in [-0.3, -0.25) is 0 Å². The fourth-order valence-electron chi connectivity index (χ4n) is 0. The molecule has 0 aromatic rings. The molecular weight excluding hydrogens is 195 g/mol. The fraction of sp³-hybridized carbons (Fsp3) is 0. The smallest absolute Gasteiger partial charge is 0 e. The first kappa shape index (κ1) is 48.8. The van der Waals surface area contributed by atoms with E-state index in [1.165, 1.54) is 0 Å². The van der Waals surface area contributed by atoms with E-state index in [0.717, 1.165) is 0 Å². The second-order valence-corrected chi connectivity index (χ2v) is 0. The minimum Gasteiger partial charge on any atom is 0 e. The molecule has 0 atom stereocenters. The van der Waals surface area contributed by atoms with Gasteiger partial charge in [0, 0.05) is 17.1 Å². The maximum atomic E-state index is 7.50. The average Bonchev–Trinajstić information content (AvgIpc) is 2.20. The van der Waals surface area contributed by atoms with Gasteiger partial charge >= 0.3 is 56.5 Å². The molecule has 6 heteroatoms. The maximum Gasteiger partial charge on any atom is 0 e. The van der Waals surface area contributed by atoms with Crippen LogP contribution in [0.1, 0.15) is 0 Å². The van der Waals surface area contributed by atoms with E-state index in [-0.39, 0.29) is 17.1 Å². The molecule has 1 radical (unpaired) electrons. The molecule has 0 spiro atoms. The fourth-order valence-corrected chi connectivity index (χ4v) is 0. The van der Waals surface area contributed by atoms with Crippen molar-refractivity contribution in [3.8, 4) is 0 Å². The monoisotopic (exact) mass is 195 g/mol. The van der Waals surface area contributed by atoms with E-state index in [2.05, 4.69) is 33.3 Å². The van der Waals surface area contributed by atoms with Gasteiger partial charge < -0.3 is 0 Å². The van der Waals surface area contributed by atoms with Crippen molar-refractivity contribution in [1.29, 1.82) is 0 Å². The Balaban J connectivity index is -0.00000000694. The van der Waals surface area contributed by atoms with Gasteiger partial charge in [-0.25, -0.2) is 0 Å². The van der Waals surface area contributed by atoms with Crippen LogP contribution in [0, 0.1) is 33.3 Å². The van der Waals surface area contributed by atoms with Crippen molar-refractivity contribution in [3.05, 3.63) is 33.3 Å². The summed E-state index contributed by atoms with van der Waals surface area (Å²) in [5.41, 5.74) is 0. The molecule has 0 aliphatic heterocycles. The van der Waals surface area contributed by atoms with Gasteiger partial charge in [0.1, 0.15) is 0 Å². The van der Waals surface area contributed by atoms with E-state index in [1.54, 1.807) is 0 Å².